The molecule has 0 saturated heterocycles. The molecule has 0 radical (unpaired) electrons. The van der Waals surface area contributed by atoms with Gasteiger partial charge < -0.3 is 15.2 Å². The van der Waals surface area contributed by atoms with E-state index in [1.807, 2.05) is 50.2 Å². The number of rotatable bonds is 6. The summed E-state index contributed by atoms with van der Waals surface area (Å²) in [6, 6.07) is 16.3. The van der Waals surface area contributed by atoms with E-state index >= 15 is 0 Å². The number of esters is 1. The molecule has 0 bridgehead atoms. The zero-order valence-electron chi connectivity index (χ0n) is 15.5. The third-order valence-electron chi connectivity index (χ3n) is 4.94. The van der Waals surface area contributed by atoms with Crippen LogP contribution < -0.4 is 5.73 Å². The van der Waals surface area contributed by atoms with Crippen LogP contribution in [0.4, 0.5) is 0 Å². The smallest absolute Gasteiger partial charge is 0.318 e. The van der Waals surface area contributed by atoms with Gasteiger partial charge in [-0.25, -0.2) is 0 Å². The molecule has 0 unspecified atom stereocenters. The van der Waals surface area contributed by atoms with Crippen molar-refractivity contribution in [3.63, 3.8) is 0 Å². The first-order valence-electron chi connectivity index (χ1n) is 9.18. The highest BCUT2D eigenvalue weighted by Gasteiger charge is 2.30. The lowest BCUT2D eigenvalue weighted by atomic mass is 9.88. The largest absolute Gasteiger partial charge is 0.463 e. The van der Waals surface area contributed by atoms with Crippen LogP contribution in [-0.4, -0.2) is 31.3 Å². The fourth-order valence-electron chi connectivity index (χ4n) is 3.38. The molecule has 2 N–H and O–H groups in total. The summed E-state index contributed by atoms with van der Waals surface area (Å²) < 4.78 is 11.3. The highest BCUT2D eigenvalue weighted by Crippen LogP contribution is 2.35. The lowest BCUT2D eigenvalue weighted by molar-refractivity contribution is -0.147. The van der Waals surface area contributed by atoms with Crippen LogP contribution in [0.25, 0.3) is 0 Å². The SMILES string of the molecule is CC(C)(CN)OCCOC(=O)C1c2ccccc2CCc2ccccc21. The Bertz CT molecular complexity index is 722. The number of carbonyl (C=O) groups is 1. The second kappa shape index (κ2) is 8.02. The van der Waals surface area contributed by atoms with Gasteiger partial charge >= 0.3 is 5.97 Å². The number of carbonyl (C=O) groups excluding carboxylic acids is 1. The molecule has 0 heterocycles. The molecular formula is C22H27NO3. The lowest BCUT2D eigenvalue weighted by Gasteiger charge is -2.23. The monoisotopic (exact) mass is 353 g/mol. The number of hydrogen-bond acceptors (Lipinski definition) is 4. The van der Waals surface area contributed by atoms with Gasteiger partial charge in [0.2, 0.25) is 0 Å². The summed E-state index contributed by atoms with van der Waals surface area (Å²) in [5.74, 6) is -0.603. The highest BCUT2D eigenvalue weighted by atomic mass is 16.6. The Morgan fingerprint density at radius 3 is 2.08 bits per heavy atom. The van der Waals surface area contributed by atoms with Crippen LogP contribution in [0.5, 0.6) is 0 Å². The fourth-order valence-corrected chi connectivity index (χ4v) is 3.38. The zero-order chi connectivity index (χ0) is 18.6. The maximum atomic E-state index is 13.0. The first-order chi connectivity index (χ1) is 12.5. The first kappa shape index (κ1) is 18.6. The Morgan fingerprint density at radius 2 is 1.54 bits per heavy atom. The van der Waals surface area contributed by atoms with Crippen LogP contribution in [0.3, 0.4) is 0 Å². The van der Waals surface area contributed by atoms with E-state index in [1.165, 1.54) is 11.1 Å². The van der Waals surface area contributed by atoms with Gasteiger partial charge in [-0.1, -0.05) is 48.5 Å². The second-order valence-corrected chi connectivity index (χ2v) is 7.31. The van der Waals surface area contributed by atoms with Gasteiger partial charge in [0.15, 0.2) is 0 Å². The number of benzene rings is 2. The Balaban J connectivity index is 1.78. The number of aryl methyl sites for hydroxylation is 2. The molecule has 0 amide bonds. The molecule has 2 aromatic carbocycles. The Labute approximate surface area is 155 Å². The summed E-state index contributed by atoms with van der Waals surface area (Å²) in [5.41, 5.74) is 9.77. The molecule has 4 heteroatoms. The quantitative estimate of drug-likeness (QED) is 0.640. The summed E-state index contributed by atoms with van der Waals surface area (Å²) in [4.78, 5) is 13.0. The normalized spacial score (nSPS) is 14.3. The van der Waals surface area contributed by atoms with E-state index in [2.05, 4.69) is 12.1 Å². The zero-order valence-corrected chi connectivity index (χ0v) is 15.5. The summed E-state index contributed by atoms with van der Waals surface area (Å²) in [6.07, 6.45) is 1.87. The molecule has 1 aliphatic rings. The van der Waals surface area contributed by atoms with Gasteiger partial charge in [0, 0.05) is 6.54 Å². The van der Waals surface area contributed by atoms with Gasteiger partial charge in [0.05, 0.1) is 12.2 Å². The molecule has 0 aromatic heterocycles. The second-order valence-electron chi connectivity index (χ2n) is 7.31. The predicted molar refractivity (Wildman–Crippen MR) is 102 cm³/mol. The molecule has 26 heavy (non-hydrogen) atoms. The molecule has 3 rings (SSSR count). The number of fused-ring (bicyclic) bond motifs is 2. The van der Waals surface area contributed by atoms with Crippen molar-refractivity contribution in [3.8, 4) is 0 Å². The van der Waals surface area contributed by atoms with Crippen LogP contribution in [0.1, 0.15) is 42.0 Å². The maximum absolute atomic E-state index is 13.0. The average molecular weight is 353 g/mol. The van der Waals surface area contributed by atoms with Gasteiger partial charge in [-0.3, -0.25) is 4.79 Å². The van der Waals surface area contributed by atoms with Gasteiger partial charge in [-0.2, -0.15) is 0 Å². The van der Waals surface area contributed by atoms with E-state index in [-0.39, 0.29) is 18.5 Å². The fraction of sp³-hybridized carbons (Fsp3) is 0.409. The molecule has 0 fully saturated rings. The van der Waals surface area contributed by atoms with E-state index in [0.717, 1.165) is 24.0 Å². The lowest BCUT2D eigenvalue weighted by Crippen LogP contribution is -2.35. The van der Waals surface area contributed by atoms with Gasteiger partial charge in [0.25, 0.3) is 0 Å². The van der Waals surface area contributed by atoms with Gasteiger partial charge in [0.1, 0.15) is 12.5 Å². The summed E-state index contributed by atoms with van der Waals surface area (Å²) in [7, 11) is 0. The van der Waals surface area contributed by atoms with Crippen molar-refractivity contribution in [1.29, 1.82) is 0 Å². The van der Waals surface area contributed by atoms with Gasteiger partial charge in [-0.05, 0) is 48.9 Å². The molecule has 0 aliphatic heterocycles. The van der Waals surface area contributed by atoms with E-state index in [1.54, 1.807) is 0 Å². The van der Waals surface area contributed by atoms with Crippen LogP contribution >= 0.6 is 0 Å². The Kier molecular flexibility index (Phi) is 5.74. The van der Waals surface area contributed by atoms with Crippen molar-refractivity contribution in [2.75, 3.05) is 19.8 Å². The average Bonchev–Trinajstić information content (AvgIpc) is 2.82. The van der Waals surface area contributed by atoms with Crippen LogP contribution in [-0.2, 0) is 27.1 Å². The van der Waals surface area contributed by atoms with E-state index in [0.29, 0.717) is 13.2 Å². The molecule has 0 spiro atoms. The minimum atomic E-state index is -0.409. The molecule has 138 valence electrons. The highest BCUT2D eigenvalue weighted by molar-refractivity contribution is 5.83. The predicted octanol–water partition coefficient (Wildman–Crippen LogP) is 3.21. The van der Waals surface area contributed by atoms with Gasteiger partial charge in [-0.15, -0.1) is 0 Å². The van der Waals surface area contributed by atoms with Crippen molar-refractivity contribution in [3.05, 3.63) is 70.8 Å². The molecule has 0 saturated carbocycles. The summed E-state index contributed by atoms with van der Waals surface area (Å²) >= 11 is 0. The van der Waals surface area contributed by atoms with Crippen molar-refractivity contribution >= 4 is 5.97 Å². The summed E-state index contributed by atoms with van der Waals surface area (Å²) in [6.45, 7) is 4.83. The molecule has 1 aliphatic carbocycles. The van der Waals surface area contributed by atoms with E-state index in [9.17, 15) is 4.79 Å². The van der Waals surface area contributed by atoms with Crippen molar-refractivity contribution in [2.24, 2.45) is 5.73 Å². The van der Waals surface area contributed by atoms with Crippen LogP contribution in [0, 0.1) is 0 Å². The maximum Gasteiger partial charge on any atom is 0.318 e. The number of nitrogens with two attached hydrogens (primary N) is 1. The van der Waals surface area contributed by atoms with E-state index in [4.69, 9.17) is 15.2 Å². The third kappa shape index (κ3) is 4.14. The Morgan fingerprint density at radius 1 is 1.00 bits per heavy atom. The van der Waals surface area contributed by atoms with Crippen LogP contribution in [0.15, 0.2) is 48.5 Å². The summed E-state index contributed by atoms with van der Waals surface area (Å²) in [5, 5.41) is 0. The molecule has 4 nitrogen and oxygen atoms in total. The van der Waals surface area contributed by atoms with Crippen molar-refractivity contribution in [2.45, 2.75) is 38.2 Å². The minimum absolute atomic E-state index is 0.221. The van der Waals surface area contributed by atoms with Crippen LogP contribution in [0.2, 0.25) is 0 Å². The van der Waals surface area contributed by atoms with E-state index < -0.39 is 5.60 Å². The topological polar surface area (TPSA) is 61.6 Å². The number of hydrogen-bond donors (Lipinski definition) is 1. The standard InChI is InChI=1S/C22H27NO3/c1-22(2,15-23)26-14-13-25-21(24)20-18-9-5-3-7-16(18)11-12-17-8-4-6-10-19(17)20/h3-10,20H,11-15,23H2,1-2H3. The molecule has 2 aromatic rings. The van der Waals surface area contributed by atoms with Crippen molar-refractivity contribution in [1.82, 2.24) is 0 Å². The Hall–Kier alpha value is -2.17. The van der Waals surface area contributed by atoms with Crippen molar-refractivity contribution < 1.29 is 14.3 Å². The minimum Gasteiger partial charge on any atom is -0.463 e. The third-order valence-corrected chi connectivity index (χ3v) is 4.94. The number of ether oxygens (including phenoxy) is 2. The molecule has 0 atom stereocenters. The first-order valence-corrected chi connectivity index (χ1v) is 9.18. The molecular weight excluding hydrogens is 326 g/mol.